The molecular weight excluding hydrogens is 232 g/mol. The molecule has 1 aliphatic heterocycles. The number of rotatable bonds is 2. The molecule has 0 radical (unpaired) electrons. The van der Waals surface area contributed by atoms with Gasteiger partial charge in [-0.2, -0.15) is 5.10 Å². The van der Waals surface area contributed by atoms with Gasteiger partial charge in [-0.25, -0.2) is 14.2 Å². The minimum absolute atomic E-state index is 0.000247. The lowest BCUT2D eigenvalue weighted by molar-refractivity contribution is -0.119. The highest BCUT2D eigenvalue weighted by Gasteiger charge is 2.21. The fourth-order valence-electron chi connectivity index (χ4n) is 1.27. The molecule has 0 bridgehead atoms. The lowest BCUT2D eigenvalue weighted by Crippen LogP contribution is -2.22. The smallest absolute Gasteiger partial charge is 0.272 e. The van der Waals surface area contributed by atoms with E-state index in [0.717, 1.165) is 12.1 Å². The highest BCUT2D eigenvalue weighted by molar-refractivity contribution is 6.46. The molecule has 0 saturated carbocycles. The highest BCUT2D eigenvalue weighted by Crippen LogP contribution is 2.13. The maximum Gasteiger partial charge on any atom is 0.272 e. The van der Waals surface area contributed by atoms with Crippen LogP contribution in [0.2, 0.25) is 0 Å². The first-order valence-electron chi connectivity index (χ1n) is 4.68. The summed E-state index contributed by atoms with van der Waals surface area (Å²) >= 11 is 0. The first kappa shape index (κ1) is 11.2. The molecule has 2 N–H and O–H groups in total. The third-order valence-corrected chi connectivity index (χ3v) is 2.08. The van der Waals surface area contributed by atoms with Gasteiger partial charge in [-0.1, -0.05) is 0 Å². The average molecular weight is 239 g/mol. The van der Waals surface area contributed by atoms with Gasteiger partial charge in [-0.05, 0) is 12.1 Å². The van der Waals surface area contributed by atoms with Crippen LogP contribution in [0, 0.1) is 11.6 Å². The summed E-state index contributed by atoms with van der Waals surface area (Å²) in [5.74, 6) is -3.08. The Bertz CT molecular complexity index is 528. The van der Waals surface area contributed by atoms with Crippen LogP contribution in [0.5, 0.6) is 0 Å². The van der Waals surface area contributed by atoms with E-state index in [1.54, 1.807) is 0 Å². The number of hydrogen-bond donors (Lipinski definition) is 2. The summed E-state index contributed by atoms with van der Waals surface area (Å²) in [7, 11) is 0. The number of hydrazone groups is 1. The van der Waals surface area contributed by atoms with Gasteiger partial charge in [0.05, 0.1) is 6.42 Å². The molecule has 0 aromatic heterocycles. The van der Waals surface area contributed by atoms with Crippen molar-refractivity contribution >= 4 is 23.2 Å². The van der Waals surface area contributed by atoms with Gasteiger partial charge in [0, 0.05) is 11.8 Å². The number of halogens is 2. The summed E-state index contributed by atoms with van der Waals surface area (Å²) < 4.78 is 25.5. The van der Waals surface area contributed by atoms with Crippen molar-refractivity contribution in [3.63, 3.8) is 0 Å². The number of nitrogens with zero attached hydrogens (tertiary/aromatic N) is 1. The zero-order valence-electron chi connectivity index (χ0n) is 8.46. The Hall–Kier alpha value is -2.31. The number of amides is 2. The molecule has 2 amide bonds. The van der Waals surface area contributed by atoms with Gasteiger partial charge in [0.2, 0.25) is 5.91 Å². The number of benzene rings is 1. The second-order valence-corrected chi connectivity index (χ2v) is 3.35. The lowest BCUT2D eigenvalue weighted by Gasteiger charge is -2.04. The van der Waals surface area contributed by atoms with E-state index in [1.807, 2.05) is 0 Å². The Morgan fingerprint density at radius 1 is 1.35 bits per heavy atom. The summed E-state index contributed by atoms with van der Waals surface area (Å²) in [6.07, 6.45) is -0.129. The molecule has 7 heteroatoms. The van der Waals surface area contributed by atoms with Crippen LogP contribution in [0.4, 0.5) is 14.5 Å². The maximum absolute atomic E-state index is 12.8. The van der Waals surface area contributed by atoms with Crippen LogP contribution in [-0.4, -0.2) is 17.5 Å². The van der Waals surface area contributed by atoms with Gasteiger partial charge in [-0.3, -0.25) is 9.59 Å². The molecule has 0 atom stereocenters. The van der Waals surface area contributed by atoms with Crippen LogP contribution in [0.1, 0.15) is 6.42 Å². The van der Waals surface area contributed by atoms with E-state index in [1.165, 1.54) is 6.07 Å². The van der Waals surface area contributed by atoms with Gasteiger partial charge in [0.15, 0.2) is 11.6 Å². The molecule has 0 aliphatic carbocycles. The van der Waals surface area contributed by atoms with Crippen molar-refractivity contribution in [3.8, 4) is 0 Å². The number of anilines is 1. The summed E-state index contributed by atoms with van der Waals surface area (Å²) in [6.45, 7) is 0. The van der Waals surface area contributed by atoms with Gasteiger partial charge in [-0.15, -0.1) is 0 Å². The lowest BCUT2D eigenvalue weighted by atomic mass is 10.2. The van der Waals surface area contributed by atoms with Crippen LogP contribution in [0.3, 0.4) is 0 Å². The summed E-state index contributed by atoms with van der Waals surface area (Å²) in [5.41, 5.74) is 2.20. The zero-order chi connectivity index (χ0) is 12.4. The van der Waals surface area contributed by atoms with Crippen LogP contribution in [0.25, 0.3) is 0 Å². The fourth-order valence-corrected chi connectivity index (χ4v) is 1.27. The Labute approximate surface area is 94.5 Å². The molecule has 0 spiro atoms. The molecule has 0 saturated heterocycles. The van der Waals surface area contributed by atoms with Gasteiger partial charge in [0.25, 0.3) is 5.91 Å². The summed E-state index contributed by atoms with van der Waals surface area (Å²) in [5, 5.41) is 5.79. The van der Waals surface area contributed by atoms with E-state index in [2.05, 4.69) is 15.8 Å². The number of hydrogen-bond acceptors (Lipinski definition) is 3. The Kier molecular flexibility index (Phi) is 2.82. The summed E-state index contributed by atoms with van der Waals surface area (Å²) in [6, 6.07) is 2.95. The number of carbonyl (C=O) groups is 2. The van der Waals surface area contributed by atoms with Crippen LogP contribution in [0.15, 0.2) is 23.3 Å². The molecular formula is C10H7F2N3O2. The van der Waals surface area contributed by atoms with Gasteiger partial charge < -0.3 is 5.32 Å². The van der Waals surface area contributed by atoms with Crippen LogP contribution in [-0.2, 0) is 9.59 Å². The third-order valence-electron chi connectivity index (χ3n) is 2.08. The van der Waals surface area contributed by atoms with E-state index < -0.39 is 17.5 Å². The third kappa shape index (κ3) is 2.44. The minimum Gasteiger partial charge on any atom is -0.321 e. The molecule has 0 fully saturated rings. The molecule has 1 heterocycles. The SMILES string of the molecule is O=C1CC(C(=O)Nc2ccc(F)c(F)c2)=NN1. The van der Waals surface area contributed by atoms with E-state index in [4.69, 9.17) is 0 Å². The largest absolute Gasteiger partial charge is 0.321 e. The van der Waals surface area contributed by atoms with E-state index in [0.29, 0.717) is 0 Å². The topological polar surface area (TPSA) is 70.6 Å². The molecule has 88 valence electrons. The molecule has 17 heavy (non-hydrogen) atoms. The average Bonchev–Trinajstić information content (AvgIpc) is 2.70. The van der Waals surface area contributed by atoms with Crippen molar-refractivity contribution in [2.75, 3.05) is 5.32 Å². The second-order valence-electron chi connectivity index (χ2n) is 3.35. The van der Waals surface area contributed by atoms with Crippen molar-refractivity contribution < 1.29 is 18.4 Å². The van der Waals surface area contributed by atoms with E-state index in [9.17, 15) is 18.4 Å². The van der Waals surface area contributed by atoms with Gasteiger partial charge in [0.1, 0.15) is 5.71 Å². The van der Waals surface area contributed by atoms with Crippen LogP contribution >= 0.6 is 0 Å². The van der Waals surface area contributed by atoms with Crippen molar-refractivity contribution in [1.29, 1.82) is 0 Å². The number of carbonyl (C=O) groups excluding carboxylic acids is 2. The standard InChI is InChI=1S/C10H7F2N3O2/c11-6-2-1-5(3-7(6)12)13-10(17)8-4-9(16)15-14-8/h1-3H,4H2,(H,13,17)(H,15,16). The monoisotopic (exact) mass is 239 g/mol. The fraction of sp³-hybridized carbons (Fsp3) is 0.100. The quantitative estimate of drug-likeness (QED) is 0.800. The summed E-state index contributed by atoms with van der Waals surface area (Å²) in [4.78, 5) is 22.3. The Morgan fingerprint density at radius 2 is 2.12 bits per heavy atom. The van der Waals surface area contributed by atoms with Crippen molar-refractivity contribution in [2.45, 2.75) is 6.42 Å². The maximum atomic E-state index is 12.8. The van der Waals surface area contributed by atoms with Crippen molar-refractivity contribution in [3.05, 3.63) is 29.8 Å². The van der Waals surface area contributed by atoms with Crippen molar-refractivity contribution in [2.24, 2.45) is 5.10 Å². The minimum atomic E-state index is -1.06. The van der Waals surface area contributed by atoms with E-state index >= 15 is 0 Å². The molecule has 1 aromatic rings. The number of nitrogens with one attached hydrogen (secondary N) is 2. The molecule has 1 aromatic carbocycles. The molecule has 0 unspecified atom stereocenters. The van der Waals surface area contributed by atoms with Crippen LogP contribution < -0.4 is 10.7 Å². The first-order valence-corrected chi connectivity index (χ1v) is 4.68. The Balaban J connectivity index is 2.08. The normalized spacial score (nSPS) is 14.2. The second kappa shape index (κ2) is 4.28. The molecule has 2 rings (SSSR count). The van der Waals surface area contributed by atoms with E-state index in [-0.39, 0.29) is 23.7 Å². The first-order chi connectivity index (χ1) is 8.06. The molecule has 1 aliphatic rings. The predicted molar refractivity (Wildman–Crippen MR) is 55.2 cm³/mol. The van der Waals surface area contributed by atoms with Gasteiger partial charge >= 0.3 is 0 Å². The zero-order valence-corrected chi connectivity index (χ0v) is 8.46. The Morgan fingerprint density at radius 3 is 2.71 bits per heavy atom. The predicted octanol–water partition coefficient (Wildman–Crippen LogP) is 0.779. The molecule has 5 nitrogen and oxygen atoms in total. The highest BCUT2D eigenvalue weighted by atomic mass is 19.2. The van der Waals surface area contributed by atoms with Crippen molar-refractivity contribution in [1.82, 2.24) is 5.43 Å².